The Bertz CT molecular complexity index is 696. The normalized spacial score (nSPS) is 18.0. The summed E-state index contributed by atoms with van der Waals surface area (Å²) < 4.78 is 0. The molecule has 0 N–H and O–H groups in total. The number of amides is 1. The Kier molecular flexibility index (Phi) is 4.86. The third-order valence-corrected chi connectivity index (χ3v) is 5.12. The van der Waals surface area contributed by atoms with Crippen LogP contribution < -0.4 is 0 Å². The minimum atomic E-state index is -0.275. The van der Waals surface area contributed by atoms with E-state index in [0.29, 0.717) is 18.7 Å². The highest BCUT2D eigenvalue weighted by Crippen LogP contribution is 2.26. The van der Waals surface area contributed by atoms with Crippen LogP contribution in [0.4, 0.5) is 0 Å². The largest absolute Gasteiger partial charge is 0.327 e. The molecule has 1 atom stereocenters. The number of rotatable bonds is 4. The van der Waals surface area contributed by atoms with Gasteiger partial charge in [0.2, 0.25) is 0 Å². The van der Waals surface area contributed by atoms with Gasteiger partial charge in [-0.05, 0) is 19.3 Å². The number of benzene rings is 1. The summed E-state index contributed by atoms with van der Waals surface area (Å²) in [6.45, 7) is 2.50. The number of nitrogens with zero attached hydrogens (tertiary/aromatic N) is 2. The van der Waals surface area contributed by atoms with E-state index >= 15 is 0 Å². The highest BCUT2D eigenvalue weighted by molar-refractivity contribution is 7.13. The molecular formula is C18H20N2O2S. The molecule has 0 saturated carbocycles. The van der Waals surface area contributed by atoms with Gasteiger partial charge in [-0.15, -0.1) is 11.3 Å². The monoisotopic (exact) mass is 328 g/mol. The Morgan fingerprint density at radius 1 is 1.26 bits per heavy atom. The van der Waals surface area contributed by atoms with Crippen molar-refractivity contribution in [1.29, 1.82) is 0 Å². The van der Waals surface area contributed by atoms with Gasteiger partial charge in [0.15, 0.2) is 5.78 Å². The second-order valence-corrected chi connectivity index (χ2v) is 6.59. The van der Waals surface area contributed by atoms with Crippen molar-refractivity contribution in [3.63, 3.8) is 0 Å². The number of hydrogen-bond donors (Lipinski definition) is 0. The first-order valence-corrected chi connectivity index (χ1v) is 8.93. The Labute approximate surface area is 140 Å². The Hall–Kier alpha value is -2.01. The van der Waals surface area contributed by atoms with Crippen LogP contribution in [0.15, 0.2) is 35.7 Å². The first-order valence-electron chi connectivity index (χ1n) is 8.05. The van der Waals surface area contributed by atoms with Crippen LogP contribution in [0.5, 0.6) is 0 Å². The molecule has 0 spiro atoms. The quantitative estimate of drug-likeness (QED) is 0.858. The highest BCUT2D eigenvalue weighted by Gasteiger charge is 2.32. The number of Topliss-reactive ketones (excluding diaryl/α,β-unsaturated/α-hetero) is 1. The first-order chi connectivity index (χ1) is 11.2. The highest BCUT2D eigenvalue weighted by atomic mass is 32.1. The van der Waals surface area contributed by atoms with E-state index < -0.39 is 0 Å². The number of hydrogen-bond acceptors (Lipinski definition) is 4. The van der Waals surface area contributed by atoms with Crippen LogP contribution >= 0.6 is 11.3 Å². The second-order valence-electron chi connectivity index (χ2n) is 5.73. The van der Waals surface area contributed by atoms with Gasteiger partial charge in [0.25, 0.3) is 5.91 Å². The van der Waals surface area contributed by atoms with E-state index in [1.165, 1.54) is 11.3 Å². The van der Waals surface area contributed by atoms with E-state index in [1.54, 1.807) is 10.3 Å². The van der Waals surface area contributed by atoms with Gasteiger partial charge in [-0.25, -0.2) is 4.98 Å². The van der Waals surface area contributed by atoms with Gasteiger partial charge in [0.1, 0.15) is 10.7 Å². The Balaban J connectivity index is 1.82. The molecule has 1 saturated heterocycles. The van der Waals surface area contributed by atoms with Gasteiger partial charge in [-0.1, -0.05) is 37.3 Å². The molecule has 1 unspecified atom stereocenters. The predicted octanol–water partition coefficient (Wildman–Crippen LogP) is 3.78. The molecule has 0 radical (unpaired) electrons. The van der Waals surface area contributed by atoms with Crippen molar-refractivity contribution in [2.24, 2.45) is 0 Å². The fourth-order valence-electron chi connectivity index (χ4n) is 2.98. The molecule has 4 nitrogen and oxygen atoms in total. The van der Waals surface area contributed by atoms with Crippen LogP contribution in [0.2, 0.25) is 0 Å². The van der Waals surface area contributed by atoms with Crippen molar-refractivity contribution in [1.82, 2.24) is 9.88 Å². The fraction of sp³-hybridized carbons (Fsp3) is 0.389. The van der Waals surface area contributed by atoms with Crippen LogP contribution in [0.25, 0.3) is 10.6 Å². The smallest absolute Gasteiger partial charge is 0.273 e. The van der Waals surface area contributed by atoms with E-state index in [0.717, 1.165) is 29.8 Å². The van der Waals surface area contributed by atoms with Gasteiger partial charge in [-0.2, -0.15) is 0 Å². The molecule has 1 amide bonds. The molecule has 2 aromatic rings. The fourth-order valence-corrected chi connectivity index (χ4v) is 3.78. The lowest BCUT2D eigenvalue weighted by molar-refractivity contribution is -0.124. The third kappa shape index (κ3) is 3.34. The number of carbonyl (C=O) groups excluding carboxylic acids is 2. The maximum atomic E-state index is 12.8. The molecule has 1 aliphatic rings. The molecule has 5 heteroatoms. The average Bonchev–Trinajstić information content (AvgIpc) is 3.11. The van der Waals surface area contributed by atoms with Crippen LogP contribution in [0, 0.1) is 0 Å². The number of likely N-dealkylation sites (tertiary alicyclic amines) is 1. The topological polar surface area (TPSA) is 50.3 Å². The van der Waals surface area contributed by atoms with Crippen molar-refractivity contribution < 1.29 is 9.59 Å². The van der Waals surface area contributed by atoms with E-state index in [4.69, 9.17) is 0 Å². The number of aromatic nitrogens is 1. The average molecular weight is 328 g/mol. The van der Waals surface area contributed by atoms with Crippen molar-refractivity contribution >= 4 is 23.0 Å². The maximum Gasteiger partial charge on any atom is 0.273 e. The Morgan fingerprint density at radius 3 is 2.78 bits per heavy atom. The molecule has 1 aromatic heterocycles. The minimum absolute atomic E-state index is 0.116. The lowest BCUT2D eigenvalue weighted by Gasteiger charge is -2.34. The zero-order chi connectivity index (χ0) is 16.2. The SMILES string of the molecule is CCC(=O)C1CCCCN1C(=O)c1csc(-c2ccccc2)n1. The van der Waals surface area contributed by atoms with Gasteiger partial charge >= 0.3 is 0 Å². The number of ketones is 1. The molecule has 0 aliphatic carbocycles. The van der Waals surface area contributed by atoms with E-state index in [2.05, 4.69) is 4.98 Å². The molecule has 1 aromatic carbocycles. The number of thiazole rings is 1. The number of piperidine rings is 1. The van der Waals surface area contributed by atoms with Crippen LogP contribution in [0.3, 0.4) is 0 Å². The molecule has 2 heterocycles. The molecule has 3 rings (SSSR count). The van der Waals surface area contributed by atoms with E-state index in [-0.39, 0.29) is 17.7 Å². The molecule has 23 heavy (non-hydrogen) atoms. The molecular weight excluding hydrogens is 308 g/mol. The Morgan fingerprint density at radius 2 is 2.04 bits per heavy atom. The van der Waals surface area contributed by atoms with Crippen LogP contribution in [-0.4, -0.2) is 34.2 Å². The third-order valence-electron chi connectivity index (χ3n) is 4.23. The summed E-state index contributed by atoms with van der Waals surface area (Å²) in [5.74, 6) is 0.0338. The van der Waals surface area contributed by atoms with Crippen LogP contribution in [-0.2, 0) is 4.79 Å². The summed E-state index contributed by atoms with van der Waals surface area (Å²) in [4.78, 5) is 31.1. The summed E-state index contributed by atoms with van der Waals surface area (Å²) in [6, 6.07) is 9.56. The van der Waals surface area contributed by atoms with Gasteiger partial charge in [0.05, 0.1) is 6.04 Å². The standard InChI is InChI=1S/C18H20N2O2S/c1-2-16(21)15-10-6-7-11-20(15)18(22)14-12-23-17(19-14)13-8-4-3-5-9-13/h3-5,8-9,12,15H,2,6-7,10-11H2,1H3. The van der Waals surface area contributed by atoms with E-state index in [1.807, 2.05) is 37.3 Å². The van der Waals surface area contributed by atoms with Crippen molar-refractivity contribution in [2.75, 3.05) is 6.54 Å². The lowest BCUT2D eigenvalue weighted by Crippen LogP contribution is -2.47. The summed E-state index contributed by atoms with van der Waals surface area (Å²) in [5.41, 5.74) is 1.46. The zero-order valence-electron chi connectivity index (χ0n) is 13.2. The molecule has 120 valence electrons. The van der Waals surface area contributed by atoms with E-state index in [9.17, 15) is 9.59 Å². The molecule has 0 bridgehead atoms. The van der Waals surface area contributed by atoms with Crippen molar-refractivity contribution in [3.8, 4) is 10.6 Å². The minimum Gasteiger partial charge on any atom is -0.327 e. The second kappa shape index (κ2) is 7.04. The molecule has 1 fully saturated rings. The summed E-state index contributed by atoms with van der Waals surface area (Å²) in [5, 5.41) is 2.64. The summed E-state index contributed by atoms with van der Waals surface area (Å²) >= 11 is 1.47. The predicted molar refractivity (Wildman–Crippen MR) is 91.5 cm³/mol. The van der Waals surface area contributed by atoms with Crippen molar-refractivity contribution in [2.45, 2.75) is 38.6 Å². The van der Waals surface area contributed by atoms with Gasteiger partial charge < -0.3 is 4.90 Å². The molecule has 1 aliphatic heterocycles. The summed E-state index contributed by atoms with van der Waals surface area (Å²) in [7, 11) is 0. The van der Waals surface area contributed by atoms with Gasteiger partial charge in [0, 0.05) is 23.9 Å². The van der Waals surface area contributed by atoms with Gasteiger partial charge in [-0.3, -0.25) is 9.59 Å². The summed E-state index contributed by atoms with van der Waals surface area (Å²) in [6.07, 6.45) is 3.20. The number of carbonyl (C=O) groups is 2. The first kappa shape index (κ1) is 15.9. The maximum absolute atomic E-state index is 12.8. The lowest BCUT2D eigenvalue weighted by atomic mass is 9.97. The zero-order valence-corrected chi connectivity index (χ0v) is 14.0. The van der Waals surface area contributed by atoms with Crippen molar-refractivity contribution in [3.05, 3.63) is 41.4 Å². The van der Waals surface area contributed by atoms with Crippen LogP contribution in [0.1, 0.15) is 43.1 Å².